The average Bonchev–Trinajstić information content (AvgIpc) is 2.65. The van der Waals surface area contributed by atoms with Crippen molar-refractivity contribution in [3.05, 3.63) is 17.0 Å². The van der Waals surface area contributed by atoms with Gasteiger partial charge in [0.15, 0.2) is 0 Å². The monoisotopic (exact) mass is 339 g/mol. The number of sulfonamides is 1. The van der Waals surface area contributed by atoms with Crippen LogP contribution in [0.5, 0.6) is 0 Å². The summed E-state index contributed by atoms with van der Waals surface area (Å²) in [5, 5.41) is 0. The fourth-order valence-electron chi connectivity index (χ4n) is 1.00. The van der Waals surface area contributed by atoms with E-state index in [1.165, 1.54) is 12.1 Å². The number of hydrogen-bond donors (Lipinski definition) is 1. The van der Waals surface area contributed by atoms with Crippen LogP contribution >= 0.6 is 22.0 Å². The molecule has 0 saturated heterocycles. The molecule has 0 aromatic carbocycles. The van der Waals surface area contributed by atoms with Gasteiger partial charge < -0.3 is 0 Å². The van der Waals surface area contributed by atoms with Crippen LogP contribution in [0.1, 0.15) is 4.88 Å². The van der Waals surface area contributed by atoms with Crippen molar-refractivity contribution in [2.24, 2.45) is 0 Å². The number of thiophene rings is 1. The average molecular weight is 340 g/mol. The molecule has 0 aliphatic carbocycles. The van der Waals surface area contributed by atoms with Crippen molar-refractivity contribution in [2.45, 2.75) is 16.4 Å². The van der Waals surface area contributed by atoms with Crippen molar-refractivity contribution in [3.63, 3.8) is 0 Å². The summed E-state index contributed by atoms with van der Waals surface area (Å²) in [7, 11) is -3.34. The number of rotatable bonds is 6. The van der Waals surface area contributed by atoms with E-state index in [0.29, 0.717) is 4.88 Å². The van der Waals surface area contributed by atoms with Crippen molar-refractivity contribution in [3.8, 4) is 0 Å². The maximum absolute atomic E-state index is 12.0. The molecule has 0 saturated carbocycles. The second-order valence-electron chi connectivity index (χ2n) is 3.11. The second kappa shape index (κ2) is 5.78. The maximum atomic E-state index is 12.0. The van der Waals surface area contributed by atoms with E-state index in [1.807, 2.05) is 0 Å². The van der Waals surface area contributed by atoms with Gasteiger partial charge in [-0.3, -0.25) is 0 Å². The van der Waals surface area contributed by atoms with Crippen LogP contribution in [0.3, 0.4) is 0 Å². The van der Waals surface area contributed by atoms with Crippen LogP contribution in [-0.4, -0.2) is 29.1 Å². The van der Waals surface area contributed by atoms with Crippen LogP contribution < -0.4 is 4.72 Å². The van der Waals surface area contributed by atoms with Gasteiger partial charge in [0.05, 0.1) is 0 Å². The molecule has 0 fully saturated rings. The van der Waals surface area contributed by atoms with E-state index in [-0.39, 0.29) is 17.2 Å². The number of halogens is 3. The van der Waals surface area contributed by atoms with Crippen molar-refractivity contribution >= 4 is 41.1 Å². The molecule has 0 atom stereocenters. The van der Waals surface area contributed by atoms with Crippen LogP contribution in [0, 0.1) is 0 Å². The van der Waals surface area contributed by atoms with E-state index in [4.69, 9.17) is 10.7 Å². The van der Waals surface area contributed by atoms with E-state index >= 15 is 0 Å². The fourth-order valence-corrected chi connectivity index (χ4v) is 3.64. The summed E-state index contributed by atoms with van der Waals surface area (Å²) in [5.74, 6) is -3.49. The van der Waals surface area contributed by atoms with Crippen molar-refractivity contribution in [2.75, 3.05) is 6.54 Å². The first-order valence-corrected chi connectivity index (χ1v) is 9.10. The Labute approximate surface area is 111 Å². The lowest BCUT2D eigenvalue weighted by Gasteiger charge is -2.03. The summed E-state index contributed by atoms with van der Waals surface area (Å²) >= 11 is 0.857. The number of alkyl halides is 2. The number of nitrogens with one attached hydrogen (secondary N) is 1. The summed E-state index contributed by atoms with van der Waals surface area (Å²) in [5.41, 5.74) is 0. The van der Waals surface area contributed by atoms with Crippen molar-refractivity contribution in [1.29, 1.82) is 0 Å². The Morgan fingerprint density at radius 2 is 1.89 bits per heavy atom. The predicted molar refractivity (Wildman–Crippen MR) is 64.0 cm³/mol. The Balaban J connectivity index is 2.59. The van der Waals surface area contributed by atoms with E-state index in [9.17, 15) is 25.6 Å². The topological polar surface area (TPSA) is 80.3 Å². The summed E-state index contributed by atoms with van der Waals surface area (Å²) in [6.45, 7) is -0.241. The van der Waals surface area contributed by atoms with Gasteiger partial charge in [0.1, 0.15) is 4.21 Å². The zero-order valence-corrected chi connectivity index (χ0v) is 11.8. The molecule has 0 amide bonds. The Morgan fingerprint density at radius 1 is 1.28 bits per heavy atom. The van der Waals surface area contributed by atoms with Gasteiger partial charge in [0, 0.05) is 22.1 Å². The van der Waals surface area contributed by atoms with Gasteiger partial charge in [-0.05, 0) is 18.6 Å². The molecule has 0 bridgehead atoms. The van der Waals surface area contributed by atoms with E-state index in [0.717, 1.165) is 11.3 Å². The highest BCUT2D eigenvalue weighted by Crippen LogP contribution is 2.24. The SMILES string of the molecule is O=S(=O)(Cl)c1ccc(CCNS(=O)(=O)C(F)F)s1. The van der Waals surface area contributed by atoms with Crippen LogP contribution in [0.2, 0.25) is 0 Å². The van der Waals surface area contributed by atoms with Crippen LogP contribution in [0.4, 0.5) is 8.78 Å². The quantitative estimate of drug-likeness (QED) is 0.794. The molecule has 0 unspecified atom stereocenters. The molecular weight excluding hydrogens is 332 g/mol. The van der Waals surface area contributed by atoms with E-state index in [2.05, 4.69) is 0 Å². The maximum Gasteiger partial charge on any atom is 0.350 e. The van der Waals surface area contributed by atoms with Crippen molar-refractivity contribution in [1.82, 2.24) is 4.72 Å². The molecule has 1 rings (SSSR count). The highest BCUT2D eigenvalue weighted by Gasteiger charge is 2.22. The second-order valence-corrected chi connectivity index (χ2v) is 8.80. The molecule has 18 heavy (non-hydrogen) atoms. The highest BCUT2D eigenvalue weighted by atomic mass is 35.7. The van der Waals surface area contributed by atoms with Crippen molar-refractivity contribution < 1.29 is 25.6 Å². The van der Waals surface area contributed by atoms with E-state index < -0.39 is 24.8 Å². The molecule has 0 aliphatic heterocycles. The minimum Gasteiger partial charge on any atom is -0.210 e. The Morgan fingerprint density at radius 3 is 2.33 bits per heavy atom. The first-order valence-electron chi connectivity index (χ1n) is 4.43. The molecule has 1 aromatic heterocycles. The Kier molecular flexibility index (Phi) is 5.06. The third-order valence-electron chi connectivity index (χ3n) is 1.79. The molecule has 1 N–H and O–H groups in total. The first-order chi connectivity index (χ1) is 8.13. The van der Waals surface area contributed by atoms with Gasteiger partial charge >= 0.3 is 5.76 Å². The molecule has 0 aliphatic rings. The summed E-state index contributed by atoms with van der Waals surface area (Å²) in [4.78, 5) is 0.520. The predicted octanol–water partition coefficient (Wildman–Crippen LogP) is 1.36. The zero-order valence-electron chi connectivity index (χ0n) is 8.64. The van der Waals surface area contributed by atoms with Gasteiger partial charge in [-0.2, -0.15) is 8.78 Å². The molecule has 0 spiro atoms. The third kappa shape index (κ3) is 4.43. The van der Waals surface area contributed by atoms with Gasteiger partial charge in [0.2, 0.25) is 0 Å². The molecule has 104 valence electrons. The summed E-state index contributed by atoms with van der Waals surface area (Å²) < 4.78 is 68.8. The molecule has 0 radical (unpaired) electrons. The lowest BCUT2D eigenvalue weighted by atomic mass is 10.3. The summed E-state index contributed by atoms with van der Waals surface area (Å²) in [6.07, 6.45) is 0.100. The molecule has 1 heterocycles. The number of hydrogen-bond acceptors (Lipinski definition) is 5. The Bertz CT molecular complexity index is 610. The van der Waals surface area contributed by atoms with Gasteiger partial charge in [-0.25, -0.2) is 21.6 Å². The fraction of sp³-hybridized carbons (Fsp3) is 0.429. The lowest BCUT2D eigenvalue weighted by Crippen LogP contribution is -2.30. The van der Waals surface area contributed by atoms with Gasteiger partial charge in [-0.1, -0.05) is 0 Å². The standard InChI is InChI=1S/C7H8ClF2NO4S3/c8-17(12,13)6-2-1-5(16-6)3-4-11-18(14,15)7(9)10/h1-2,7,11H,3-4H2. The normalized spacial score (nSPS) is 13.1. The summed E-state index contributed by atoms with van der Waals surface area (Å²) in [6, 6.07) is 2.71. The lowest BCUT2D eigenvalue weighted by molar-refractivity contribution is 0.232. The highest BCUT2D eigenvalue weighted by molar-refractivity contribution is 8.15. The van der Waals surface area contributed by atoms with E-state index in [1.54, 1.807) is 4.72 Å². The molecule has 1 aromatic rings. The minimum atomic E-state index is -4.61. The first kappa shape index (κ1) is 15.8. The minimum absolute atomic E-state index is 0.0733. The van der Waals surface area contributed by atoms with Crippen LogP contribution in [-0.2, 0) is 25.5 Å². The smallest absolute Gasteiger partial charge is 0.210 e. The molecule has 11 heteroatoms. The zero-order chi connectivity index (χ0) is 14.0. The molecular formula is C7H8ClF2NO4S3. The van der Waals surface area contributed by atoms with Crippen LogP contribution in [0.25, 0.3) is 0 Å². The van der Waals surface area contributed by atoms with Gasteiger partial charge in [0.25, 0.3) is 19.1 Å². The molecule has 5 nitrogen and oxygen atoms in total. The Hall–Kier alpha value is -0.290. The van der Waals surface area contributed by atoms with Crippen LogP contribution in [0.15, 0.2) is 16.3 Å². The van der Waals surface area contributed by atoms with Gasteiger partial charge in [-0.15, -0.1) is 11.3 Å². The third-order valence-corrected chi connectivity index (χ3v) is 6.10. The largest absolute Gasteiger partial charge is 0.350 e.